The summed E-state index contributed by atoms with van der Waals surface area (Å²) >= 11 is 12.3. The molecule has 0 N–H and O–H groups in total. The van der Waals surface area contributed by atoms with Crippen LogP contribution in [0.3, 0.4) is 0 Å². The van der Waals surface area contributed by atoms with Gasteiger partial charge in [0.2, 0.25) is 5.91 Å². The maximum Gasteiger partial charge on any atom is 0.289 e. The molecule has 40 heavy (non-hydrogen) atoms. The van der Waals surface area contributed by atoms with Crippen LogP contribution >= 0.6 is 23.2 Å². The molecular formula is C32H30Cl2N2O4. The van der Waals surface area contributed by atoms with E-state index in [1.54, 1.807) is 41.3 Å². The minimum Gasteiger partial charge on any atom is -0.493 e. The Morgan fingerprint density at radius 2 is 1.62 bits per heavy atom. The number of fused-ring (bicyclic) bond motifs is 2. The van der Waals surface area contributed by atoms with Gasteiger partial charge in [0.15, 0.2) is 5.76 Å². The quantitative estimate of drug-likeness (QED) is 0.247. The fourth-order valence-electron chi connectivity index (χ4n) is 5.77. The van der Waals surface area contributed by atoms with Gasteiger partial charge in [0, 0.05) is 53.4 Å². The first-order chi connectivity index (χ1) is 19.4. The van der Waals surface area contributed by atoms with E-state index in [-0.39, 0.29) is 11.8 Å². The molecule has 6 rings (SSSR count). The summed E-state index contributed by atoms with van der Waals surface area (Å²) in [7, 11) is 0. The van der Waals surface area contributed by atoms with Crippen molar-refractivity contribution in [3.63, 3.8) is 0 Å². The number of rotatable bonds is 6. The second-order valence-corrected chi connectivity index (χ2v) is 11.7. The first-order valence-electron chi connectivity index (χ1n) is 13.6. The van der Waals surface area contributed by atoms with Crippen LogP contribution in [0, 0.1) is 5.41 Å². The number of halogens is 2. The first-order valence-corrected chi connectivity index (χ1v) is 14.3. The molecule has 2 aliphatic heterocycles. The number of hydrogen-bond acceptors (Lipinski definition) is 4. The molecule has 4 aromatic rings. The third-order valence-corrected chi connectivity index (χ3v) is 8.62. The van der Waals surface area contributed by atoms with Crippen molar-refractivity contribution in [3.8, 4) is 5.75 Å². The number of amides is 2. The standard InChI is InChI=1S/C32H30Cl2N2O4/c33-25-6-3-7-27(18-25)39-21-32(19-30(37)36-13-10-22-4-1-2-5-23(22)20-36)11-14-35(15-12-32)31(38)29-17-24-16-26(34)8-9-28(24)40-29/h1-9,16-18H,10-15,19-21H2. The van der Waals surface area contributed by atoms with E-state index in [1.807, 2.05) is 29.2 Å². The van der Waals surface area contributed by atoms with Crippen molar-refractivity contribution in [2.75, 3.05) is 26.2 Å². The van der Waals surface area contributed by atoms with Gasteiger partial charge in [-0.3, -0.25) is 9.59 Å². The molecule has 0 aliphatic carbocycles. The van der Waals surface area contributed by atoms with E-state index in [4.69, 9.17) is 32.4 Å². The van der Waals surface area contributed by atoms with Crippen molar-refractivity contribution >= 4 is 46.0 Å². The van der Waals surface area contributed by atoms with Crippen molar-refractivity contribution in [1.29, 1.82) is 0 Å². The fourth-order valence-corrected chi connectivity index (χ4v) is 6.13. The van der Waals surface area contributed by atoms with Crippen molar-refractivity contribution in [1.82, 2.24) is 9.80 Å². The Balaban J connectivity index is 1.17. The highest BCUT2D eigenvalue weighted by Gasteiger charge is 2.40. The maximum atomic E-state index is 13.7. The summed E-state index contributed by atoms with van der Waals surface area (Å²) in [5.41, 5.74) is 2.74. The zero-order valence-corrected chi connectivity index (χ0v) is 23.6. The zero-order valence-electron chi connectivity index (χ0n) is 22.1. The molecule has 6 nitrogen and oxygen atoms in total. The van der Waals surface area contributed by atoms with Crippen LogP contribution in [0.15, 0.2) is 77.2 Å². The molecule has 8 heteroatoms. The van der Waals surface area contributed by atoms with Crippen molar-refractivity contribution < 1.29 is 18.7 Å². The van der Waals surface area contributed by atoms with Crippen LogP contribution < -0.4 is 4.74 Å². The maximum absolute atomic E-state index is 13.7. The molecule has 3 heterocycles. The average molecular weight is 578 g/mol. The molecule has 0 saturated carbocycles. The van der Waals surface area contributed by atoms with E-state index in [9.17, 15) is 9.59 Å². The number of carbonyl (C=O) groups is 2. The first kappa shape index (κ1) is 26.7. The van der Waals surface area contributed by atoms with E-state index < -0.39 is 5.41 Å². The summed E-state index contributed by atoms with van der Waals surface area (Å²) < 4.78 is 12.0. The molecule has 0 radical (unpaired) electrons. The lowest BCUT2D eigenvalue weighted by Gasteiger charge is -2.42. The molecule has 1 aromatic heterocycles. The third-order valence-electron chi connectivity index (χ3n) is 8.15. The van der Waals surface area contributed by atoms with Gasteiger partial charge in [-0.25, -0.2) is 0 Å². The van der Waals surface area contributed by atoms with Crippen molar-refractivity contribution in [2.24, 2.45) is 5.41 Å². The Morgan fingerprint density at radius 1 is 0.850 bits per heavy atom. The summed E-state index contributed by atoms with van der Waals surface area (Å²) in [6, 6.07) is 22.7. The SMILES string of the molecule is O=C(CC1(COc2cccc(Cl)c2)CCN(C(=O)c2cc3cc(Cl)ccc3o2)CC1)N1CCc2ccccc2C1. The largest absolute Gasteiger partial charge is 0.493 e. The van der Waals surface area contributed by atoms with Gasteiger partial charge in [-0.05, 0) is 72.9 Å². The highest BCUT2D eigenvalue weighted by Crippen LogP contribution is 2.38. The van der Waals surface area contributed by atoms with Gasteiger partial charge in [0.05, 0.1) is 6.61 Å². The predicted molar refractivity (Wildman–Crippen MR) is 156 cm³/mol. The molecule has 0 atom stereocenters. The monoisotopic (exact) mass is 576 g/mol. The van der Waals surface area contributed by atoms with Crippen LogP contribution in [-0.2, 0) is 17.8 Å². The van der Waals surface area contributed by atoms with Gasteiger partial charge in [0.1, 0.15) is 11.3 Å². The number of benzene rings is 3. The average Bonchev–Trinajstić information content (AvgIpc) is 3.39. The Bertz CT molecular complexity index is 1560. The third kappa shape index (κ3) is 5.70. The summed E-state index contributed by atoms with van der Waals surface area (Å²) in [4.78, 5) is 30.8. The minimum atomic E-state index is -0.408. The number of hydrogen-bond donors (Lipinski definition) is 0. The Labute approximate surface area is 243 Å². The van der Waals surface area contributed by atoms with Crippen LogP contribution in [0.4, 0.5) is 0 Å². The van der Waals surface area contributed by atoms with Gasteiger partial charge in [-0.1, -0.05) is 53.5 Å². The topological polar surface area (TPSA) is 63.0 Å². The van der Waals surface area contributed by atoms with Crippen molar-refractivity contribution in [3.05, 3.63) is 99.7 Å². The number of nitrogens with zero attached hydrogens (tertiary/aromatic N) is 2. The Kier molecular flexibility index (Phi) is 7.47. The summed E-state index contributed by atoms with van der Waals surface area (Å²) in [5.74, 6) is 0.933. The molecule has 1 saturated heterocycles. The second-order valence-electron chi connectivity index (χ2n) is 10.8. The van der Waals surface area contributed by atoms with E-state index in [0.29, 0.717) is 79.2 Å². The second kappa shape index (κ2) is 11.2. The van der Waals surface area contributed by atoms with E-state index >= 15 is 0 Å². The van der Waals surface area contributed by atoms with Crippen LogP contribution in [0.1, 0.15) is 40.9 Å². The number of piperidine rings is 1. The molecule has 3 aromatic carbocycles. The van der Waals surface area contributed by atoms with Gasteiger partial charge in [-0.15, -0.1) is 0 Å². The number of carbonyl (C=O) groups excluding carboxylic acids is 2. The molecule has 1 fully saturated rings. The number of furan rings is 1. The van der Waals surface area contributed by atoms with Crippen LogP contribution in [0.2, 0.25) is 10.0 Å². The zero-order chi connectivity index (χ0) is 27.7. The van der Waals surface area contributed by atoms with Gasteiger partial charge in [-0.2, -0.15) is 0 Å². The molecule has 0 spiro atoms. The van der Waals surface area contributed by atoms with Crippen LogP contribution in [-0.4, -0.2) is 47.9 Å². The number of likely N-dealkylation sites (tertiary alicyclic amines) is 1. The smallest absolute Gasteiger partial charge is 0.289 e. The Hall–Kier alpha value is -3.48. The van der Waals surface area contributed by atoms with Gasteiger partial charge < -0.3 is 19.0 Å². The highest BCUT2D eigenvalue weighted by molar-refractivity contribution is 6.31. The lowest BCUT2D eigenvalue weighted by Crippen LogP contribution is -2.48. The summed E-state index contributed by atoms with van der Waals surface area (Å²) in [6.45, 7) is 2.72. The van der Waals surface area contributed by atoms with Crippen molar-refractivity contribution in [2.45, 2.75) is 32.2 Å². The summed E-state index contributed by atoms with van der Waals surface area (Å²) in [5, 5.41) is 1.99. The molecule has 206 valence electrons. The van der Waals surface area contributed by atoms with Gasteiger partial charge >= 0.3 is 0 Å². The van der Waals surface area contributed by atoms with E-state index in [1.165, 1.54) is 11.1 Å². The van der Waals surface area contributed by atoms with E-state index in [2.05, 4.69) is 12.1 Å². The fraction of sp³-hybridized carbons (Fsp3) is 0.312. The normalized spacial score (nSPS) is 16.6. The lowest BCUT2D eigenvalue weighted by atomic mass is 9.75. The molecule has 0 bridgehead atoms. The summed E-state index contributed by atoms with van der Waals surface area (Å²) in [6.07, 6.45) is 2.50. The van der Waals surface area contributed by atoms with E-state index in [0.717, 1.165) is 11.8 Å². The van der Waals surface area contributed by atoms with Crippen LogP contribution in [0.5, 0.6) is 5.75 Å². The molecule has 2 aliphatic rings. The highest BCUT2D eigenvalue weighted by atomic mass is 35.5. The predicted octanol–water partition coefficient (Wildman–Crippen LogP) is 7.02. The molecule has 0 unspecified atom stereocenters. The van der Waals surface area contributed by atoms with Crippen LogP contribution in [0.25, 0.3) is 11.0 Å². The Morgan fingerprint density at radius 3 is 2.42 bits per heavy atom. The number of ether oxygens (including phenoxy) is 1. The van der Waals surface area contributed by atoms with Gasteiger partial charge in [0.25, 0.3) is 5.91 Å². The molecule has 2 amide bonds. The lowest BCUT2D eigenvalue weighted by molar-refractivity contribution is -0.136. The molecular weight excluding hydrogens is 547 g/mol. The minimum absolute atomic E-state index is 0.123.